The van der Waals surface area contributed by atoms with Crippen LogP contribution in [0.4, 0.5) is 0 Å². The molecule has 0 aliphatic heterocycles. The van der Waals surface area contributed by atoms with Crippen LogP contribution in [0.15, 0.2) is 66.9 Å². The summed E-state index contributed by atoms with van der Waals surface area (Å²) in [5.41, 5.74) is 2.17. The van der Waals surface area contributed by atoms with Crippen molar-refractivity contribution in [1.82, 2.24) is 4.98 Å². The SMILES string of the molecule is CCCCCCCCCCCCOc1ccc(-c2ccc(C(=O)Oc3ccc(C(=O)OC(C)C(=O)OC)cc3)nc2)cc1. The smallest absolute Gasteiger partial charge is 0.362 e. The minimum absolute atomic E-state index is 0.149. The standard InChI is InChI=1S/C35H43NO7/c1-4-5-6-7-8-9-10-11-12-13-24-41-30-19-14-27(15-20-30)29-18-23-32(36-25-29)35(39)43-31-21-16-28(17-22-31)34(38)42-26(2)33(37)40-3/h14-23,25-26H,4-13,24H2,1-3H3. The molecule has 0 saturated heterocycles. The van der Waals surface area contributed by atoms with Crippen LogP contribution in [0.25, 0.3) is 11.1 Å². The highest BCUT2D eigenvalue weighted by molar-refractivity contribution is 5.92. The van der Waals surface area contributed by atoms with Gasteiger partial charge in [0.1, 0.15) is 17.2 Å². The maximum Gasteiger partial charge on any atom is 0.362 e. The molecule has 0 N–H and O–H groups in total. The Balaban J connectivity index is 1.39. The lowest BCUT2D eigenvalue weighted by atomic mass is 10.1. The lowest BCUT2D eigenvalue weighted by Gasteiger charge is -2.11. The molecule has 0 spiro atoms. The highest BCUT2D eigenvalue weighted by Crippen LogP contribution is 2.23. The Labute approximate surface area is 254 Å². The molecule has 8 nitrogen and oxygen atoms in total. The molecule has 1 atom stereocenters. The first kappa shape index (κ1) is 33.3. The van der Waals surface area contributed by atoms with E-state index in [4.69, 9.17) is 14.2 Å². The summed E-state index contributed by atoms with van der Waals surface area (Å²) in [4.78, 5) is 40.5. The van der Waals surface area contributed by atoms with E-state index in [1.54, 1.807) is 12.3 Å². The number of benzene rings is 2. The molecule has 1 aromatic heterocycles. The number of nitrogens with zero attached hydrogens (tertiary/aromatic N) is 1. The Morgan fingerprint density at radius 3 is 1.86 bits per heavy atom. The van der Waals surface area contributed by atoms with E-state index >= 15 is 0 Å². The minimum Gasteiger partial charge on any atom is -0.494 e. The summed E-state index contributed by atoms with van der Waals surface area (Å²) in [6.45, 7) is 4.39. The number of rotatable bonds is 18. The van der Waals surface area contributed by atoms with E-state index < -0.39 is 24.0 Å². The lowest BCUT2D eigenvalue weighted by molar-refractivity contribution is -0.149. The molecule has 1 heterocycles. The number of unbranched alkanes of at least 4 members (excludes halogenated alkanes) is 9. The van der Waals surface area contributed by atoms with Crippen LogP contribution in [-0.2, 0) is 14.3 Å². The van der Waals surface area contributed by atoms with Crippen LogP contribution < -0.4 is 9.47 Å². The Bertz CT molecular complexity index is 1270. The van der Waals surface area contributed by atoms with Crippen molar-refractivity contribution in [2.45, 2.75) is 84.2 Å². The second-order valence-electron chi connectivity index (χ2n) is 10.5. The summed E-state index contributed by atoms with van der Waals surface area (Å²) < 4.78 is 20.9. The molecule has 0 amide bonds. The second-order valence-corrected chi connectivity index (χ2v) is 10.5. The van der Waals surface area contributed by atoms with Crippen LogP contribution in [-0.4, -0.2) is 42.7 Å². The van der Waals surface area contributed by atoms with Crippen LogP contribution >= 0.6 is 0 Å². The average molecular weight is 590 g/mol. The topological polar surface area (TPSA) is 101 Å². The van der Waals surface area contributed by atoms with Gasteiger partial charge in [-0.1, -0.05) is 82.9 Å². The molecule has 8 heteroatoms. The maximum absolute atomic E-state index is 12.6. The summed E-state index contributed by atoms with van der Waals surface area (Å²) in [6.07, 6.45) is 13.6. The van der Waals surface area contributed by atoms with Gasteiger partial charge in [-0.15, -0.1) is 0 Å². The summed E-state index contributed by atoms with van der Waals surface area (Å²) in [5.74, 6) is -0.899. The molecule has 43 heavy (non-hydrogen) atoms. The first-order chi connectivity index (χ1) is 20.9. The Morgan fingerprint density at radius 2 is 1.28 bits per heavy atom. The van der Waals surface area contributed by atoms with Crippen molar-refractivity contribution < 1.29 is 33.3 Å². The molecular weight excluding hydrogens is 546 g/mol. The molecule has 0 bridgehead atoms. The van der Waals surface area contributed by atoms with Gasteiger partial charge in [-0.3, -0.25) is 0 Å². The second kappa shape index (κ2) is 18.4. The van der Waals surface area contributed by atoms with Gasteiger partial charge in [0, 0.05) is 11.8 Å². The van der Waals surface area contributed by atoms with Gasteiger partial charge in [0.2, 0.25) is 0 Å². The minimum atomic E-state index is -1.03. The van der Waals surface area contributed by atoms with E-state index in [1.165, 1.54) is 96.1 Å². The predicted molar refractivity (Wildman–Crippen MR) is 165 cm³/mol. The highest BCUT2D eigenvalue weighted by atomic mass is 16.6. The fourth-order valence-electron chi connectivity index (χ4n) is 4.47. The van der Waals surface area contributed by atoms with Crippen molar-refractivity contribution in [2.75, 3.05) is 13.7 Å². The molecule has 0 aliphatic rings. The fourth-order valence-corrected chi connectivity index (χ4v) is 4.47. The molecule has 0 aliphatic carbocycles. The fraction of sp³-hybridized carbons (Fsp3) is 0.429. The van der Waals surface area contributed by atoms with Gasteiger partial charge in [0.05, 0.1) is 19.3 Å². The summed E-state index contributed by atoms with van der Waals surface area (Å²) in [6, 6.07) is 17.1. The van der Waals surface area contributed by atoms with Crippen molar-refractivity contribution >= 4 is 17.9 Å². The number of carbonyl (C=O) groups is 3. The monoisotopic (exact) mass is 589 g/mol. The number of pyridine rings is 1. The summed E-state index contributed by atoms with van der Waals surface area (Å²) >= 11 is 0. The van der Waals surface area contributed by atoms with E-state index in [0.29, 0.717) is 0 Å². The third-order valence-electron chi connectivity index (χ3n) is 7.04. The zero-order valence-electron chi connectivity index (χ0n) is 25.5. The zero-order chi connectivity index (χ0) is 30.9. The van der Waals surface area contributed by atoms with Crippen LogP contribution in [0.2, 0.25) is 0 Å². The Hall–Kier alpha value is -4.20. The largest absolute Gasteiger partial charge is 0.494 e. The van der Waals surface area contributed by atoms with Gasteiger partial charge >= 0.3 is 17.9 Å². The van der Waals surface area contributed by atoms with Crippen molar-refractivity contribution in [3.8, 4) is 22.6 Å². The molecule has 3 aromatic rings. The van der Waals surface area contributed by atoms with Gasteiger partial charge in [-0.25, -0.2) is 19.4 Å². The average Bonchev–Trinajstić information content (AvgIpc) is 3.03. The Morgan fingerprint density at radius 1 is 0.698 bits per heavy atom. The maximum atomic E-state index is 12.6. The third-order valence-corrected chi connectivity index (χ3v) is 7.04. The van der Waals surface area contributed by atoms with Gasteiger partial charge < -0.3 is 18.9 Å². The van der Waals surface area contributed by atoms with Crippen LogP contribution in [0.1, 0.15) is 98.9 Å². The van der Waals surface area contributed by atoms with Crippen molar-refractivity contribution in [3.05, 3.63) is 78.1 Å². The number of hydrogen-bond acceptors (Lipinski definition) is 8. The first-order valence-corrected chi connectivity index (χ1v) is 15.2. The highest BCUT2D eigenvalue weighted by Gasteiger charge is 2.19. The van der Waals surface area contributed by atoms with E-state index in [-0.39, 0.29) is 17.0 Å². The normalized spacial score (nSPS) is 11.4. The molecular formula is C35H43NO7. The summed E-state index contributed by atoms with van der Waals surface area (Å²) in [5, 5.41) is 0. The molecule has 3 rings (SSSR count). The molecule has 0 radical (unpaired) electrons. The van der Waals surface area contributed by atoms with Crippen LogP contribution in [0, 0.1) is 0 Å². The number of methoxy groups -OCH3 is 1. The predicted octanol–water partition coefficient (Wildman–Crippen LogP) is 7.99. The van der Waals surface area contributed by atoms with Crippen LogP contribution in [0.5, 0.6) is 11.5 Å². The number of esters is 3. The van der Waals surface area contributed by atoms with Gasteiger partial charge in [-0.2, -0.15) is 0 Å². The van der Waals surface area contributed by atoms with E-state index in [0.717, 1.165) is 29.9 Å². The molecule has 2 aromatic carbocycles. The van der Waals surface area contributed by atoms with E-state index in [2.05, 4.69) is 16.6 Å². The summed E-state index contributed by atoms with van der Waals surface area (Å²) in [7, 11) is 1.21. The van der Waals surface area contributed by atoms with Crippen LogP contribution in [0.3, 0.4) is 0 Å². The molecule has 1 unspecified atom stereocenters. The van der Waals surface area contributed by atoms with Crippen molar-refractivity contribution in [2.24, 2.45) is 0 Å². The van der Waals surface area contributed by atoms with Crippen molar-refractivity contribution in [1.29, 1.82) is 0 Å². The van der Waals surface area contributed by atoms with Gasteiger partial charge in [-0.05, 0) is 61.4 Å². The lowest BCUT2D eigenvalue weighted by Crippen LogP contribution is -2.25. The molecule has 0 fully saturated rings. The molecule has 0 saturated carbocycles. The van der Waals surface area contributed by atoms with Gasteiger partial charge in [0.25, 0.3) is 0 Å². The zero-order valence-corrected chi connectivity index (χ0v) is 25.5. The number of hydrogen-bond donors (Lipinski definition) is 0. The Kier molecular flexibility index (Phi) is 14.2. The number of ether oxygens (including phenoxy) is 4. The van der Waals surface area contributed by atoms with E-state index in [9.17, 15) is 14.4 Å². The quantitative estimate of drug-likeness (QED) is 0.0836. The van der Waals surface area contributed by atoms with Gasteiger partial charge in [0.15, 0.2) is 6.10 Å². The van der Waals surface area contributed by atoms with Crippen molar-refractivity contribution in [3.63, 3.8) is 0 Å². The first-order valence-electron chi connectivity index (χ1n) is 15.2. The molecule has 230 valence electrons. The van der Waals surface area contributed by atoms with E-state index in [1.807, 2.05) is 30.3 Å². The number of aromatic nitrogens is 1. The third kappa shape index (κ3) is 11.5. The number of carbonyl (C=O) groups excluding carboxylic acids is 3.